The Bertz CT molecular complexity index is 916. The van der Waals surface area contributed by atoms with Crippen LogP contribution in [0.1, 0.15) is 16.7 Å². The highest BCUT2D eigenvalue weighted by Gasteiger charge is 2.12. The average molecular weight is 330 g/mol. The van der Waals surface area contributed by atoms with E-state index in [1.54, 1.807) is 0 Å². The summed E-state index contributed by atoms with van der Waals surface area (Å²) in [5.41, 5.74) is 4.34. The standard InChI is InChI=1S/C17H18N2O3S/c1-13-4-2-3-5-15(13)11-23(20,21)19-9-8-14-6-7-17-16(10-14)18-12-22-17/h2-7,10,12,19H,8-9,11H2,1H3. The maximum atomic E-state index is 12.2. The summed E-state index contributed by atoms with van der Waals surface area (Å²) in [5.74, 6) is 0.00198. The summed E-state index contributed by atoms with van der Waals surface area (Å²) in [6.07, 6.45) is 2.01. The highest BCUT2D eigenvalue weighted by atomic mass is 32.2. The Morgan fingerprint density at radius 2 is 2.00 bits per heavy atom. The third-order valence-corrected chi connectivity index (χ3v) is 5.07. The van der Waals surface area contributed by atoms with E-state index in [1.807, 2.05) is 49.4 Å². The van der Waals surface area contributed by atoms with Gasteiger partial charge in [-0.25, -0.2) is 18.1 Å². The first-order chi connectivity index (χ1) is 11.0. The van der Waals surface area contributed by atoms with Gasteiger partial charge in [-0.1, -0.05) is 30.3 Å². The van der Waals surface area contributed by atoms with E-state index < -0.39 is 10.0 Å². The molecule has 0 radical (unpaired) electrons. The summed E-state index contributed by atoms with van der Waals surface area (Å²) in [6, 6.07) is 13.2. The minimum atomic E-state index is -3.34. The number of nitrogens with one attached hydrogen (secondary N) is 1. The zero-order chi connectivity index (χ0) is 16.3. The lowest BCUT2D eigenvalue weighted by Crippen LogP contribution is -2.27. The lowest BCUT2D eigenvalue weighted by molar-refractivity contribution is 0.580. The van der Waals surface area contributed by atoms with Crippen molar-refractivity contribution >= 4 is 21.1 Å². The molecule has 6 heteroatoms. The van der Waals surface area contributed by atoms with Crippen molar-refractivity contribution in [3.63, 3.8) is 0 Å². The van der Waals surface area contributed by atoms with E-state index in [9.17, 15) is 8.42 Å². The molecule has 0 spiro atoms. The fourth-order valence-corrected chi connectivity index (χ4v) is 3.69. The van der Waals surface area contributed by atoms with E-state index in [1.165, 1.54) is 6.39 Å². The molecule has 1 aromatic heterocycles. The second-order valence-electron chi connectivity index (χ2n) is 5.48. The Morgan fingerprint density at radius 1 is 1.17 bits per heavy atom. The summed E-state index contributed by atoms with van der Waals surface area (Å²) in [4.78, 5) is 4.10. The van der Waals surface area contributed by atoms with Gasteiger partial charge in [0, 0.05) is 6.54 Å². The van der Waals surface area contributed by atoms with Gasteiger partial charge in [0.1, 0.15) is 5.52 Å². The molecule has 3 aromatic rings. The lowest BCUT2D eigenvalue weighted by atomic mass is 10.1. The third-order valence-electron chi connectivity index (χ3n) is 3.74. The van der Waals surface area contributed by atoms with Gasteiger partial charge in [0.15, 0.2) is 12.0 Å². The molecular formula is C17H18N2O3S. The van der Waals surface area contributed by atoms with Crippen molar-refractivity contribution in [1.82, 2.24) is 9.71 Å². The van der Waals surface area contributed by atoms with Gasteiger partial charge in [0.25, 0.3) is 0 Å². The minimum absolute atomic E-state index is 0.00198. The Labute approximate surface area is 135 Å². The third kappa shape index (κ3) is 3.97. The van der Waals surface area contributed by atoms with Gasteiger partial charge < -0.3 is 4.42 Å². The molecule has 0 fully saturated rings. The number of aromatic nitrogens is 1. The molecule has 0 aliphatic carbocycles. The van der Waals surface area contributed by atoms with Gasteiger partial charge in [-0.05, 0) is 42.2 Å². The van der Waals surface area contributed by atoms with Gasteiger partial charge in [-0.15, -0.1) is 0 Å². The van der Waals surface area contributed by atoms with Crippen LogP contribution in [0, 0.1) is 6.92 Å². The molecule has 0 atom stereocenters. The molecule has 0 amide bonds. The Kier molecular flexibility index (Phi) is 4.45. The van der Waals surface area contributed by atoms with Crippen molar-refractivity contribution in [1.29, 1.82) is 0 Å². The Balaban J connectivity index is 1.59. The Hall–Kier alpha value is -2.18. The number of oxazole rings is 1. The number of sulfonamides is 1. The molecule has 23 heavy (non-hydrogen) atoms. The fourth-order valence-electron chi connectivity index (χ4n) is 2.44. The van der Waals surface area contributed by atoms with Crippen LogP contribution < -0.4 is 4.72 Å². The predicted molar refractivity (Wildman–Crippen MR) is 89.5 cm³/mol. The van der Waals surface area contributed by atoms with Crippen molar-refractivity contribution in [2.24, 2.45) is 0 Å². The van der Waals surface area contributed by atoms with E-state index in [2.05, 4.69) is 9.71 Å². The van der Waals surface area contributed by atoms with Gasteiger partial charge in [-0.2, -0.15) is 0 Å². The van der Waals surface area contributed by atoms with E-state index in [0.29, 0.717) is 13.0 Å². The molecule has 0 bridgehead atoms. The number of nitrogens with zero attached hydrogens (tertiary/aromatic N) is 1. The lowest BCUT2D eigenvalue weighted by Gasteiger charge is -2.09. The number of benzene rings is 2. The zero-order valence-corrected chi connectivity index (χ0v) is 13.6. The number of fused-ring (bicyclic) bond motifs is 1. The van der Waals surface area contributed by atoms with Crippen LogP contribution in [0.25, 0.3) is 11.1 Å². The molecule has 1 N–H and O–H groups in total. The van der Waals surface area contributed by atoms with Crippen LogP contribution in [-0.2, 0) is 22.2 Å². The summed E-state index contributed by atoms with van der Waals surface area (Å²) in [5, 5.41) is 0. The van der Waals surface area contributed by atoms with Crippen molar-refractivity contribution in [2.75, 3.05) is 6.54 Å². The van der Waals surface area contributed by atoms with Crippen LogP contribution in [0.5, 0.6) is 0 Å². The second-order valence-corrected chi connectivity index (χ2v) is 7.29. The van der Waals surface area contributed by atoms with Crippen molar-refractivity contribution in [3.05, 3.63) is 65.5 Å². The highest BCUT2D eigenvalue weighted by Crippen LogP contribution is 2.14. The fraction of sp³-hybridized carbons (Fsp3) is 0.235. The molecule has 5 nitrogen and oxygen atoms in total. The number of hydrogen-bond acceptors (Lipinski definition) is 4. The van der Waals surface area contributed by atoms with Crippen molar-refractivity contribution in [3.8, 4) is 0 Å². The maximum Gasteiger partial charge on any atom is 0.215 e. The largest absolute Gasteiger partial charge is 0.443 e. The smallest absolute Gasteiger partial charge is 0.215 e. The van der Waals surface area contributed by atoms with Crippen LogP contribution in [0.4, 0.5) is 0 Å². The first-order valence-corrected chi connectivity index (χ1v) is 9.03. The van der Waals surface area contributed by atoms with Crippen molar-refractivity contribution in [2.45, 2.75) is 19.1 Å². The summed E-state index contributed by atoms with van der Waals surface area (Å²) in [6.45, 7) is 2.27. The number of hydrogen-bond donors (Lipinski definition) is 1. The average Bonchev–Trinajstić information content (AvgIpc) is 2.97. The quantitative estimate of drug-likeness (QED) is 0.754. The predicted octanol–water partition coefficient (Wildman–Crippen LogP) is 2.80. The number of aryl methyl sites for hydroxylation is 1. The van der Waals surface area contributed by atoms with Crippen LogP contribution in [-0.4, -0.2) is 19.9 Å². The van der Waals surface area contributed by atoms with Gasteiger partial charge in [0.2, 0.25) is 10.0 Å². The van der Waals surface area contributed by atoms with E-state index in [-0.39, 0.29) is 5.75 Å². The SMILES string of the molecule is Cc1ccccc1CS(=O)(=O)NCCc1ccc2ocnc2c1. The monoisotopic (exact) mass is 330 g/mol. The summed E-state index contributed by atoms with van der Waals surface area (Å²) >= 11 is 0. The minimum Gasteiger partial charge on any atom is -0.443 e. The second kappa shape index (κ2) is 6.52. The van der Waals surface area contributed by atoms with Gasteiger partial charge >= 0.3 is 0 Å². The van der Waals surface area contributed by atoms with E-state index in [0.717, 1.165) is 27.8 Å². The molecule has 120 valence electrons. The Morgan fingerprint density at radius 3 is 2.83 bits per heavy atom. The normalized spacial score (nSPS) is 11.9. The molecule has 3 rings (SSSR count). The van der Waals surface area contributed by atoms with Crippen LogP contribution in [0.3, 0.4) is 0 Å². The van der Waals surface area contributed by atoms with Gasteiger partial charge in [0.05, 0.1) is 5.75 Å². The van der Waals surface area contributed by atoms with E-state index >= 15 is 0 Å². The first kappa shape index (κ1) is 15.7. The van der Waals surface area contributed by atoms with Crippen molar-refractivity contribution < 1.29 is 12.8 Å². The van der Waals surface area contributed by atoms with Gasteiger partial charge in [-0.3, -0.25) is 0 Å². The molecule has 0 unspecified atom stereocenters. The molecular weight excluding hydrogens is 312 g/mol. The summed E-state index contributed by atoms with van der Waals surface area (Å²) < 4.78 is 32.2. The zero-order valence-electron chi connectivity index (χ0n) is 12.8. The molecule has 2 aromatic carbocycles. The highest BCUT2D eigenvalue weighted by molar-refractivity contribution is 7.88. The van der Waals surface area contributed by atoms with Crippen LogP contribution >= 0.6 is 0 Å². The first-order valence-electron chi connectivity index (χ1n) is 7.37. The molecule has 0 saturated heterocycles. The topological polar surface area (TPSA) is 72.2 Å². The van der Waals surface area contributed by atoms with E-state index in [4.69, 9.17) is 4.42 Å². The summed E-state index contributed by atoms with van der Waals surface area (Å²) in [7, 11) is -3.34. The molecule has 1 heterocycles. The van der Waals surface area contributed by atoms with Crippen LogP contribution in [0.15, 0.2) is 53.3 Å². The molecule has 0 aliphatic rings. The molecule has 0 saturated carbocycles. The molecule has 0 aliphatic heterocycles. The maximum absolute atomic E-state index is 12.2. The van der Waals surface area contributed by atoms with Crippen LogP contribution in [0.2, 0.25) is 0 Å². The number of rotatable bonds is 6.